The molecule has 5 aromatic rings. The van der Waals surface area contributed by atoms with Gasteiger partial charge in [-0.2, -0.15) is 4.98 Å². The second-order valence-electron chi connectivity index (χ2n) is 6.78. The van der Waals surface area contributed by atoms with E-state index in [0.717, 1.165) is 11.3 Å². The first-order valence-corrected chi connectivity index (χ1v) is 11.6. The topological polar surface area (TPSA) is 95.9 Å². The average molecular weight is 464 g/mol. The molecule has 0 N–H and O–H groups in total. The lowest BCUT2D eigenvalue weighted by molar-refractivity contribution is 0.391. The lowest BCUT2D eigenvalue weighted by Gasteiger charge is -2.12. The summed E-state index contributed by atoms with van der Waals surface area (Å²) < 4.78 is 12.9. The number of benzene rings is 1. The van der Waals surface area contributed by atoms with Crippen LogP contribution in [0.2, 0.25) is 0 Å². The standard InChI is InChI=1S/C22H17N5O3S2/c1-29-15-7-5-14(6-8-15)12-27-21(28)19-16(9-11-31-19)24-22(27)32-13-18-25-20(26-30-18)17-4-2-3-10-23-17/h2-11H,12-13H2,1H3. The molecule has 160 valence electrons. The Bertz CT molecular complexity index is 1410. The molecule has 0 fully saturated rings. The van der Waals surface area contributed by atoms with Crippen LogP contribution in [0.3, 0.4) is 0 Å². The summed E-state index contributed by atoms with van der Waals surface area (Å²) in [5.74, 6) is 2.01. The lowest BCUT2D eigenvalue weighted by atomic mass is 10.2. The first-order valence-electron chi connectivity index (χ1n) is 9.69. The van der Waals surface area contributed by atoms with Gasteiger partial charge in [-0.1, -0.05) is 35.1 Å². The van der Waals surface area contributed by atoms with E-state index < -0.39 is 0 Å². The second kappa shape index (κ2) is 8.93. The Kier molecular flexibility index (Phi) is 5.70. The van der Waals surface area contributed by atoms with Crippen molar-refractivity contribution in [2.45, 2.75) is 17.5 Å². The van der Waals surface area contributed by atoms with Crippen molar-refractivity contribution in [2.75, 3.05) is 7.11 Å². The number of thioether (sulfide) groups is 1. The van der Waals surface area contributed by atoms with E-state index in [4.69, 9.17) is 14.2 Å². The van der Waals surface area contributed by atoms with E-state index >= 15 is 0 Å². The van der Waals surface area contributed by atoms with Gasteiger partial charge in [0.15, 0.2) is 5.16 Å². The molecule has 4 aromatic heterocycles. The number of thiophene rings is 1. The summed E-state index contributed by atoms with van der Waals surface area (Å²) in [6, 6.07) is 15.0. The van der Waals surface area contributed by atoms with E-state index in [1.54, 1.807) is 17.9 Å². The SMILES string of the molecule is COc1ccc(Cn2c(SCc3nc(-c4ccccn4)no3)nc3ccsc3c2=O)cc1. The van der Waals surface area contributed by atoms with E-state index in [2.05, 4.69) is 15.1 Å². The van der Waals surface area contributed by atoms with Gasteiger partial charge in [-0.3, -0.25) is 14.3 Å². The van der Waals surface area contributed by atoms with Crippen LogP contribution in [0, 0.1) is 0 Å². The van der Waals surface area contributed by atoms with Crippen LogP contribution < -0.4 is 10.3 Å². The largest absolute Gasteiger partial charge is 0.497 e. The number of ether oxygens (including phenoxy) is 1. The molecule has 5 rings (SSSR count). The maximum atomic E-state index is 13.2. The molecule has 32 heavy (non-hydrogen) atoms. The number of pyridine rings is 1. The molecule has 0 unspecified atom stereocenters. The summed E-state index contributed by atoms with van der Waals surface area (Å²) in [6.07, 6.45) is 1.68. The molecule has 0 atom stereocenters. The highest BCUT2D eigenvalue weighted by Crippen LogP contribution is 2.25. The van der Waals surface area contributed by atoms with Crippen LogP contribution in [-0.2, 0) is 12.3 Å². The van der Waals surface area contributed by atoms with Crippen LogP contribution in [0.4, 0.5) is 0 Å². The van der Waals surface area contributed by atoms with Gasteiger partial charge in [-0.15, -0.1) is 11.3 Å². The Labute approximate surface area is 190 Å². The van der Waals surface area contributed by atoms with Gasteiger partial charge in [0.25, 0.3) is 5.56 Å². The number of fused-ring (bicyclic) bond motifs is 1. The number of hydrogen-bond acceptors (Lipinski definition) is 9. The van der Waals surface area contributed by atoms with Crippen LogP contribution in [0.1, 0.15) is 11.5 Å². The zero-order valence-corrected chi connectivity index (χ0v) is 18.6. The highest BCUT2D eigenvalue weighted by molar-refractivity contribution is 7.98. The Hall–Kier alpha value is -3.50. The highest BCUT2D eigenvalue weighted by Gasteiger charge is 2.16. The lowest BCUT2D eigenvalue weighted by Crippen LogP contribution is -2.23. The minimum absolute atomic E-state index is 0.0666. The molecule has 8 nitrogen and oxygen atoms in total. The van der Waals surface area contributed by atoms with E-state index in [-0.39, 0.29) is 5.56 Å². The number of rotatable bonds is 7. The number of nitrogens with zero attached hydrogens (tertiary/aromatic N) is 5. The summed E-state index contributed by atoms with van der Waals surface area (Å²) in [5.41, 5.74) is 2.24. The zero-order valence-electron chi connectivity index (χ0n) is 17.0. The number of aromatic nitrogens is 5. The van der Waals surface area contributed by atoms with E-state index in [1.807, 2.05) is 53.9 Å². The Morgan fingerprint density at radius 1 is 1.12 bits per heavy atom. The first-order chi connectivity index (χ1) is 15.7. The first kappa shape index (κ1) is 20.4. The molecule has 0 aliphatic heterocycles. The third kappa shape index (κ3) is 4.14. The van der Waals surface area contributed by atoms with Crippen molar-refractivity contribution >= 4 is 33.3 Å². The Morgan fingerprint density at radius 3 is 2.78 bits per heavy atom. The monoisotopic (exact) mass is 463 g/mol. The quantitative estimate of drug-likeness (QED) is 0.261. The van der Waals surface area contributed by atoms with Crippen molar-refractivity contribution in [1.29, 1.82) is 0 Å². The van der Waals surface area contributed by atoms with Crippen molar-refractivity contribution in [3.8, 4) is 17.3 Å². The van der Waals surface area contributed by atoms with Gasteiger partial charge in [-0.05, 0) is 41.3 Å². The van der Waals surface area contributed by atoms with Crippen molar-refractivity contribution < 1.29 is 9.26 Å². The molecule has 0 spiro atoms. The smallest absolute Gasteiger partial charge is 0.272 e. The molecule has 0 aliphatic rings. The van der Waals surface area contributed by atoms with Crippen molar-refractivity contribution in [1.82, 2.24) is 24.7 Å². The van der Waals surface area contributed by atoms with Crippen molar-refractivity contribution in [3.05, 3.63) is 81.9 Å². The summed E-state index contributed by atoms with van der Waals surface area (Å²) in [4.78, 5) is 26.5. The van der Waals surface area contributed by atoms with Crippen LogP contribution >= 0.6 is 23.1 Å². The molecular formula is C22H17N5O3S2. The van der Waals surface area contributed by atoms with E-state index in [9.17, 15) is 4.79 Å². The molecule has 0 amide bonds. The fraction of sp³-hybridized carbons (Fsp3) is 0.136. The normalized spacial score (nSPS) is 11.2. The average Bonchev–Trinajstić information content (AvgIpc) is 3.51. The molecular weight excluding hydrogens is 446 g/mol. The summed E-state index contributed by atoms with van der Waals surface area (Å²) in [5, 5.41) is 6.47. The van der Waals surface area contributed by atoms with Crippen LogP contribution in [-0.4, -0.2) is 31.8 Å². The Morgan fingerprint density at radius 2 is 2.00 bits per heavy atom. The summed E-state index contributed by atoms with van der Waals surface area (Å²) in [7, 11) is 1.62. The third-order valence-corrected chi connectivity index (χ3v) is 6.57. The van der Waals surface area contributed by atoms with Gasteiger partial charge in [-0.25, -0.2) is 4.98 Å². The van der Waals surface area contributed by atoms with Crippen LogP contribution in [0.5, 0.6) is 5.75 Å². The molecule has 10 heteroatoms. The molecule has 4 heterocycles. The van der Waals surface area contributed by atoms with Gasteiger partial charge in [0, 0.05) is 6.20 Å². The second-order valence-corrected chi connectivity index (χ2v) is 8.64. The van der Waals surface area contributed by atoms with Gasteiger partial charge in [0.05, 0.1) is 24.9 Å². The van der Waals surface area contributed by atoms with Crippen LogP contribution in [0.25, 0.3) is 21.7 Å². The fourth-order valence-electron chi connectivity index (χ4n) is 3.13. The number of hydrogen-bond donors (Lipinski definition) is 0. The fourth-order valence-corrected chi connectivity index (χ4v) is 4.74. The summed E-state index contributed by atoms with van der Waals surface area (Å²) >= 11 is 2.78. The van der Waals surface area contributed by atoms with E-state index in [0.29, 0.717) is 45.1 Å². The molecule has 1 aromatic carbocycles. The molecule has 0 radical (unpaired) electrons. The minimum atomic E-state index is -0.0666. The predicted octanol–water partition coefficient (Wildman–Crippen LogP) is 4.25. The van der Waals surface area contributed by atoms with Gasteiger partial charge >= 0.3 is 0 Å². The minimum Gasteiger partial charge on any atom is -0.497 e. The highest BCUT2D eigenvalue weighted by atomic mass is 32.2. The van der Waals surface area contributed by atoms with Crippen LogP contribution in [0.15, 0.2) is 74.6 Å². The predicted molar refractivity (Wildman–Crippen MR) is 123 cm³/mol. The summed E-state index contributed by atoms with van der Waals surface area (Å²) in [6.45, 7) is 0.398. The molecule has 0 saturated carbocycles. The Balaban J connectivity index is 1.43. The van der Waals surface area contributed by atoms with Crippen molar-refractivity contribution in [2.24, 2.45) is 0 Å². The van der Waals surface area contributed by atoms with Crippen molar-refractivity contribution in [3.63, 3.8) is 0 Å². The van der Waals surface area contributed by atoms with E-state index in [1.165, 1.54) is 23.1 Å². The number of methoxy groups -OCH3 is 1. The molecule has 0 saturated heterocycles. The van der Waals surface area contributed by atoms with Gasteiger partial charge < -0.3 is 9.26 Å². The van der Waals surface area contributed by atoms with Gasteiger partial charge in [0.2, 0.25) is 11.7 Å². The maximum Gasteiger partial charge on any atom is 0.272 e. The molecule has 0 aliphatic carbocycles. The third-order valence-electron chi connectivity index (χ3n) is 4.72. The zero-order chi connectivity index (χ0) is 21.9. The maximum absolute atomic E-state index is 13.2. The molecule has 0 bridgehead atoms. The van der Waals surface area contributed by atoms with Gasteiger partial charge in [0.1, 0.15) is 16.1 Å².